The third-order valence-corrected chi connectivity index (χ3v) is 5.27. The summed E-state index contributed by atoms with van der Waals surface area (Å²) in [7, 11) is 0. The predicted molar refractivity (Wildman–Crippen MR) is 114 cm³/mol. The Balaban J connectivity index is 1.66. The number of nitrogen functional groups attached to an aromatic ring is 1. The minimum absolute atomic E-state index is 0.0600. The number of hydrogen-bond acceptors (Lipinski definition) is 7. The Morgan fingerprint density at radius 1 is 1.00 bits per heavy atom. The van der Waals surface area contributed by atoms with E-state index in [0.717, 1.165) is 17.8 Å². The topological polar surface area (TPSA) is 106 Å². The normalized spacial score (nSPS) is 12.8. The van der Waals surface area contributed by atoms with Gasteiger partial charge in [-0.1, -0.05) is 18.2 Å². The number of carbonyl (C=O) groups excluding carboxylic acids is 1. The molecule has 3 aromatic rings. The number of nitrogens with zero attached hydrogens (tertiary/aromatic N) is 3. The maximum absolute atomic E-state index is 13.3. The van der Waals surface area contributed by atoms with Crippen LogP contribution < -0.4 is 16.4 Å². The monoisotopic (exact) mass is 430 g/mol. The second kappa shape index (κ2) is 9.49. The molecule has 1 heterocycles. The van der Waals surface area contributed by atoms with Crippen molar-refractivity contribution in [2.24, 2.45) is 0 Å². The summed E-state index contributed by atoms with van der Waals surface area (Å²) in [5.41, 5.74) is 6.79. The van der Waals surface area contributed by atoms with E-state index in [0.29, 0.717) is 11.8 Å². The van der Waals surface area contributed by atoms with Crippen LogP contribution in [0.4, 0.5) is 32.1 Å². The van der Waals surface area contributed by atoms with Crippen LogP contribution in [0, 0.1) is 11.6 Å². The van der Waals surface area contributed by atoms with E-state index in [1.54, 1.807) is 6.92 Å². The highest BCUT2D eigenvalue weighted by molar-refractivity contribution is 8.00. The molecule has 2 atom stereocenters. The molecule has 0 saturated carbocycles. The van der Waals surface area contributed by atoms with E-state index in [2.05, 4.69) is 25.6 Å². The Bertz CT molecular complexity index is 1040. The minimum atomic E-state index is -1.03. The predicted octanol–water partition coefficient (Wildman–Crippen LogP) is 4.30. The molecule has 0 aliphatic carbocycles. The van der Waals surface area contributed by atoms with Crippen LogP contribution >= 0.6 is 11.8 Å². The van der Waals surface area contributed by atoms with Gasteiger partial charge >= 0.3 is 0 Å². The summed E-state index contributed by atoms with van der Waals surface area (Å²) in [6.45, 7) is 3.54. The zero-order chi connectivity index (χ0) is 21.7. The van der Waals surface area contributed by atoms with E-state index < -0.39 is 16.9 Å². The van der Waals surface area contributed by atoms with Gasteiger partial charge in [0.1, 0.15) is 5.82 Å². The van der Waals surface area contributed by atoms with Crippen molar-refractivity contribution in [1.29, 1.82) is 0 Å². The number of amides is 1. The van der Waals surface area contributed by atoms with Gasteiger partial charge in [-0.25, -0.2) is 8.78 Å². The van der Waals surface area contributed by atoms with E-state index in [9.17, 15) is 13.6 Å². The van der Waals surface area contributed by atoms with Crippen LogP contribution in [0.5, 0.6) is 0 Å². The number of nitrogens with two attached hydrogens (primary N) is 1. The van der Waals surface area contributed by atoms with Crippen molar-refractivity contribution in [3.8, 4) is 0 Å². The summed E-state index contributed by atoms with van der Waals surface area (Å²) in [6, 6.07) is 12.6. The number of carbonyl (C=O) groups is 1. The maximum atomic E-state index is 13.3. The Morgan fingerprint density at radius 2 is 1.73 bits per heavy atom. The fourth-order valence-corrected chi connectivity index (χ4v) is 3.57. The van der Waals surface area contributed by atoms with Crippen molar-refractivity contribution in [3.63, 3.8) is 0 Å². The van der Waals surface area contributed by atoms with Gasteiger partial charge in [-0.05, 0) is 38.1 Å². The molecule has 156 valence electrons. The summed E-state index contributed by atoms with van der Waals surface area (Å²) < 4.78 is 26.4. The first kappa shape index (κ1) is 21.4. The first-order valence-corrected chi connectivity index (χ1v) is 10.0. The molecule has 2 aromatic carbocycles. The average Bonchev–Trinajstić information content (AvgIpc) is 2.71. The van der Waals surface area contributed by atoms with Gasteiger partial charge in [-0.15, -0.1) is 11.8 Å². The van der Waals surface area contributed by atoms with Crippen LogP contribution in [-0.2, 0) is 4.79 Å². The van der Waals surface area contributed by atoms with E-state index in [-0.39, 0.29) is 22.8 Å². The van der Waals surface area contributed by atoms with Crippen molar-refractivity contribution < 1.29 is 13.6 Å². The zero-order valence-electron chi connectivity index (χ0n) is 16.3. The molecule has 0 fully saturated rings. The van der Waals surface area contributed by atoms with Crippen molar-refractivity contribution in [3.05, 3.63) is 66.0 Å². The summed E-state index contributed by atoms with van der Waals surface area (Å²) >= 11 is 1.30. The summed E-state index contributed by atoms with van der Waals surface area (Å²) in [6.07, 6.45) is 0. The highest BCUT2D eigenvalue weighted by Gasteiger charge is 2.21. The molecular weight excluding hydrogens is 410 g/mol. The Morgan fingerprint density at radius 3 is 2.43 bits per heavy atom. The standard InChI is InChI=1S/C20H20F2N6OS/c1-11(30-12(2)18(29)24-14-8-9-15(21)16(22)10-14)17-26-19(23)28-20(27-17)25-13-6-4-3-5-7-13/h3-12H,1-2H3,(H,24,29)(H3,23,25,26,27,28)/t11-,12-/m1/s1. The molecule has 1 aromatic heterocycles. The van der Waals surface area contributed by atoms with E-state index in [4.69, 9.17) is 5.73 Å². The molecule has 30 heavy (non-hydrogen) atoms. The lowest BCUT2D eigenvalue weighted by molar-refractivity contribution is -0.115. The number of hydrogen-bond donors (Lipinski definition) is 3. The Hall–Kier alpha value is -3.27. The van der Waals surface area contributed by atoms with Gasteiger partial charge in [0, 0.05) is 17.4 Å². The quantitative estimate of drug-likeness (QED) is 0.513. The van der Waals surface area contributed by atoms with Gasteiger partial charge in [0.15, 0.2) is 11.6 Å². The lowest BCUT2D eigenvalue weighted by atomic mass is 10.3. The van der Waals surface area contributed by atoms with Crippen molar-refractivity contribution in [1.82, 2.24) is 15.0 Å². The highest BCUT2D eigenvalue weighted by Crippen LogP contribution is 2.31. The number of para-hydroxylation sites is 1. The molecule has 4 N–H and O–H groups in total. The second-order valence-corrected chi connectivity index (χ2v) is 8.09. The largest absolute Gasteiger partial charge is 0.368 e. The summed E-state index contributed by atoms with van der Waals surface area (Å²) in [5.74, 6) is -1.59. The molecule has 0 unspecified atom stereocenters. The van der Waals surface area contributed by atoms with Gasteiger partial charge in [0.05, 0.1) is 10.5 Å². The fourth-order valence-electron chi connectivity index (χ4n) is 2.54. The van der Waals surface area contributed by atoms with Crippen molar-refractivity contribution in [2.45, 2.75) is 24.3 Å². The fraction of sp³-hybridized carbons (Fsp3) is 0.200. The second-order valence-electron chi connectivity index (χ2n) is 6.41. The van der Waals surface area contributed by atoms with E-state index >= 15 is 0 Å². The average molecular weight is 430 g/mol. The maximum Gasteiger partial charge on any atom is 0.237 e. The third kappa shape index (κ3) is 5.63. The van der Waals surface area contributed by atoms with Gasteiger partial charge in [-0.2, -0.15) is 15.0 Å². The number of thioether (sulfide) groups is 1. The Labute approximate surface area is 176 Å². The van der Waals surface area contributed by atoms with Crippen LogP contribution in [0.2, 0.25) is 0 Å². The van der Waals surface area contributed by atoms with E-state index in [1.807, 2.05) is 37.3 Å². The number of rotatable bonds is 7. The third-order valence-electron chi connectivity index (χ3n) is 4.03. The zero-order valence-corrected chi connectivity index (χ0v) is 17.1. The van der Waals surface area contributed by atoms with Crippen LogP contribution in [0.25, 0.3) is 0 Å². The summed E-state index contributed by atoms with van der Waals surface area (Å²) in [4.78, 5) is 25.1. The number of halogens is 2. The van der Waals surface area contributed by atoms with Crippen LogP contribution in [0.3, 0.4) is 0 Å². The van der Waals surface area contributed by atoms with Crippen LogP contribution in [0.1, 0.15) is 24.9 Å². The van der Waals surface area contributed by atoms with Crippen LogP contribution in [-0.4, -0.2) is 26.1 Å². The first-order chi connectivity index (χ1) is 14.3. The first-order valence-electron chi connectivity index (χ1n) is 9.06. The lowest BCUT2D eigenvalue weighted by Crippen LogP contribution is -2.23. The molecule has 1 amide bonds. The number of aromatic nitrogens is 3. The van der Waals surface area contributed by atoms with Crippen molar-refractivity contribution in [2.75, 3.05) is 16.4 Å². The van der Waals surface area contributed by atoms with E-state index in [1.165, 1.54) is 17.8 Å². The van der Waals surface area contributed by atoms with Gasteiger partial charge in [0.2, 0.25) is 17.8 Å². The highest BCUT2D eigenvalue weighted by atomic mass is 32.2. The molecule has 0 saturated heterocycles. The lowest BCUT2D eigenvalue weighted by Gasteiger charge is -2.17. The minimum Gasteiger partial charge on any atom is -0.368 e. The molecule has 3 rings (SSSR count). The molecule has 0 aliphatic heterocycles. The SMILES string of the molecule is C[C@@H](S[C@H](C)c1nc(N)nc(Nc2ccccc2)n1)C(=O)Nc1ccc(F)c(F)c1. The molecule has 7 nitrogen and oxygen atoms in total. The smallest absolute Gasteiger partial charge is 0.237 e. The van der Waals surface area contributed by atoms with Crippen LogP contribution in [0.15, 0.2) is 48.5 Å². The molecule has 10 heteroatoms. The number of nitrogens with one attached hydrogen (secondary N) is 2. The van der Waals surface area contributed by atoms with Gasteiger partial charge in [0.25, 0.3) is 0 Å². The molecular formula is C20H20F2N6OS. The number of benzene rings is 2. The van der Waals surface area contributed by atoms with Gasteiger partial charge in [-0.3, -0.25) is 4.79 Å². The molecule has 0 bridgehead atoms. The molecule has 0 spiro atoms. The summed E-state index contributed by atoms with van der Waals surface area (Å²) in [5, 5.41) is 4.83. The number of anilines is 4. The van der Waals surface area contributed by atoms with Crippen molar-refractivity contribution >= 4 is 40.9 Å². The van der Waals surface area contributed by atoms with Gasteiger partial charge < -0.3 is 16.4 Å². The molecule has 0 aliphatic rings. The Kier molecular flexibility index (Phi) is 6.78. The molecule has 0 radical (unpaired) electrons.